The van der Waals surface area contributed by atoms with Gasteiger partial charge in [0, 0.05) is 62.2 Å². The predicted molar refractivity (Wildman–Crippen MR) is 136 cm³/mol. The first-order chi connectivity index (χ1) is 17.2. The fourth-order valence-electron chi connectivity index (χ4n) is 4.39. The summed E-state index contributed by atoms with van der Waals surface area (Å²) in [5, 5.41) is 13.1. The molecule has 8 nitrogen and oxygen atoms in total. The van der Waals surface area contributed by atoms with Crippen LogP contribution in [0.4, 0.5) is 17.2 Å². The number of nitriles is 1. The monoisotopic (exact) mass is 470 g/mol. The van der Waals surface area contributed by atoms with E-state index in [9.17, 15) is 5.26 Å². The molecular formula is C27H30N6O2. The van der Waals surface area contributed by atoms with E-state index in [0.29, 0.717) is 36.2 Å². The molecule has 0 radical (unpaired) electrons. The van der Waals surface area contributed by atoms with E-state index in [1.54, 1.807) is 12.3 Å². The second-order valence-electron chi connectivity index (χ2n) is 8.98. The lowest BCUT2D eigenvalue weighted by Crippen LogP contribution is -2.44. The highest BCUT2D eigenvalue weighted by atomic mass is 16.5. The Morgan fingerprint density at radius 3 is 2.69 bits per heavy atom. The molecular weight excluding hydrogens is 440 g/mol. The summed E-state index contributed by atoms with van der Waals surface area (Å²) in [6.45, 7) is 5.56. The van der Waals surface area contributed by atoms with Gasteiger partial charge in [-0.15, -0.1) is 0 Å². The SMILES string of the molecule is CN1CCN(c2cccc(Nc3ccnc(-c4ccc(OC5CCOCC5)c(C#N)c4)n3)c2)CC1. The Morgan fingerprint density at radius 2 is 1.89 bits per heavy atom. The van der Waals surface area contributed by atoms with E-state index in [1.807, 2.05) is 24.3 Å². The number of hydrogen-bond donors (Lipinski definition) is 1. The van der Waals surface area contributed by atoms with Gasteiger partial charge in [-0.05, 0) is 49.5 Å². The number of nitrogens with zero attached hydrogens (tertiary/aromatic N) is 5. The Balaban J connectivity index is 1.31. The van der Waals surface area contributed by atoms with Crippen molar-refractivity contribution in [1.82, 2.24) is 14.9 Å². The minimum atomic E-state index is 0.0760. The number of benzene rings is 2. The largest absolute Gasteiger partial charge is 0.489 e. The highest BCUT2D eigenvalue weighted by Crippen LogP contribution is 2.28. The molecule has 2 fully saturated rings. The molecule has 1 N–H and O–H groups in total. The summed E-state index contributed by atoms with van der Waals surface area (Å²) in [7, 11) is 2.16. The molecule has 0 atom stereocenters. The van der Waals surface area contributed by atoms with E-state index in [4.69, 9.17) is 14.5 Å². The molecule has 3 aromatic rings. The minimum absolute atomic E-state index is 0.0760. The zero-order valence-corrected chi connectivity index (χ0v) is 20.0. The number of rotatable bonds is 6. The summed E-state index contributed by atoms with van der Waals surface area (Å²) in [6, 6.07) is 18.0. The van der Waals surface area contributed by atoms with E-state index < -0.39 is 0 Å². The fourth-order valence-corrected chi connectivity index (χ4v) is 4.39. The van der Waals surface area contributed by atoms with Crippen molar-refractivity contribution in [2.45, 2.75) is 18.9 Å². The molecule has 2 aliphatic heterocycles. The summed E-state index contributed by atoms with van der Waals surface area (Å²) in [5.74, 6) is 1.85. The average molecular weight is 471 g/mol. The van der Waals surface area contributed by atoms with Gasteiger partial charge in [-0.3, -0.25) is 0 Å². The predicted octanol–water partition coefficient (Wildman–Crippen LogP) is 4.07. The molecule has 35 heavy (non-hydrogen) atoms. The van der Waals surface area contributed by atoms with Crippen LogP contribution in [0, 0.1) is 11.3 Å². The molecule has 0 aliphatic carbocycles. The summed E-state index contributed by atoms with van der Waals surface area (Å²) < 4.78 is 11.5. The molecule has 0 bridgehead atoms. The van der Waals surface area contributed by atoms with E-state index in [-0.39, 0.29) is 6.10 Å². The van der Waals surface area contributed by atoms with Crippen molar-refractivity contribution in [3.05, 3.63) is 60.3 Å². The molecule has 0 saturated carbocycles. The first-order valence-corrected chi connectivity index (χ1v) is 12.1. The average Bonchev–Trinajstić information content (AvgIpc) is 2.90. The zero-order valence-electron chi connectivity index (χ0n) is 20.0. The van der Waals surface area contributed by atoms with Crippen LogP contribution in [0.15, 0.2) is 54.7 Å². The van der Waals surface area contributed by atoms with E-state index >= 15 is 0 Å². The van der Waals surface area contributed by atoms with Gasteiger partial charge in [-0.2, -0.15) is 5.26 Å². The molecule has 0 amide bonds. The van der Waals surface area contributed by atoms with Gasteiger partial charge in [0.05, 0.1) is 18.8 Å². The Labute approximate surface area is 206 Å². The first-order valence-electron chi connectivity index (χ1n) is 12.1. The Hall–Kier alpha value is -3.67. The highest BCUT2D eigenvalue weighted by molar-refractivity contribution is 5.66. The Kier molecular flexibility index (Phi) is 7.07. The van der Waals surface area contributed by atoms with Crippen LogP contribution in [0.5, 0.6) is 5.75 Å². The lowest BCUT2D eigenvalue weighted by Gasteiger charge is -2.34. The number of anilines is 3. The summed E-state index contributed by atoms with van der Waals surface area (Å²) in [4.78, 5) is 13.9. The number of likely N-dealkylation sites (N-methyl/N-ethyl adjacent to an activating group) is 1. The maximum Gasteiger partial charge on any atom is 0.161 e. The number of nitrogens with one attached hydrogen (secondary N) is 1. The number of piperazine rings is 1. The summed E-state index contributed by atoms with van der Waals surface area (Å²) in [6.07, 6.45) is 3.47. The van der Waals surface area contributed by atoms with Gasteiger partial charge in [-0.1, -0.05) is 6.07 Å². The van der Waals surface area contributed by atoms with Crippen molar-refractivity contribution in [3.8, 4) is 23.2 Å². The van der Waals surface area contributed by atoms with Gasteiger partial charge >= 0.3 is 0 Å². The number of hydrogen-bond acceptors (Lipinski definition) is 8. The maximum absolute atomic E-state index is 9.70. The summed E-state index contributed by atoms with van der Waals surface area (Å²) in [5.41, 5.74) is 3.44. The van der Waals surface area contributed by atoms with Gasteiger partial charge < -0.3 is 24.6 Å². The molecule has 2 saturated heterocycles. The standard InChI is InChI=1S/C27H30N6O2/c1-32-11-13-33(14-12-32)23-4-2-3-22(18-23)30-26-7-10-29-27(31-26)20-5-6-25(21(17-20)19-28)35-24-8-15-34-16-9-24/h2-7,10,17-18,24H,8-9,11-16H2,1H3,(H,29,30,31). The van der Waals surface area contributed by atoms with Crippen LogP contribution in [0.3, 0.4) is 0 Å². The van der Waals surface area contributed by atoms with Crippen LogP contribution in [-0.4, -0.2) is 67.4 Å². The molecule has 8 heteroatoms. The maximum atomic E-state index is 9.70. The molecule has 5 rings (SSSR count). The van der Waals surface area contributed by atoms with E-state index in [2.05, 4.69) is 51.4 Å². The van der Waals surface area contributed by atoms with E-state index in [0.717, 1.165) is 50.3 Å². The van der Waals surface area contributed by atoms with E-state index in [1.165, 1.54) is 5.69 Å². The topological polar surface area (TPSA) is 86.5 Å². The molecule has 0 unspecified atom stereocenters. The molecule has 3 heterocycles. The zero-order chi connectivity index (χ0) is 24.0. The minimum Gasteiger partial charge on any atom is -0.489 e. The Bertz CT molecular complexity index is 1200. The third-order valence-electron chi connectivity index (χ3n) is 6.46. The van der Waals surface area contributed by atoms with Crippen molar-refractivity contribution >= 4 is 17.2 Å². The fraction of sp³-hybridized carbons (Fsp3) is 0.370. The van der Waals surface area contributed by atoms with Gasteiger partial charge in [-0.25, -0.2) is 9.97 Å². The van der Waals surface area contributed by atoms with Gasteiger partial charge in [0.15, 0.2) is 5.82 Å². The molecule has 2 aromatic carbocycles. The van der Waals surface area contributed by atoms with Crippen LogP contribution in [0.2, 0.25) is 0 Å². The molecule has 180 valence electrons. The summed E-state index contributed by atoms with van der Waals surface area (Å²) >= 11 is 0. The molecule has 2 aliphatic rings. The van der Waals surface area contributed by atoms with Crippen molar-refractivity contribution in [2.75, 3.05) is 56.7 Å². The smallest absolute Gasteiger partial charge is 0.161 e. The van der Waals surface area contributed by atoms with Crippen LogP contribution in [0.25, 0.3) is 11.4 Å². The first kappa shape index (κ1) is 23.1. The van der Waals surface area contributed by atoms with Crippen LogP contribution >= 0.6 is 0 Å². The number of ether oxygens (including phenoxy) is 2. The lowest BCUT2D eigenvalue weighted by molar-refractivity contribution is 0.0254. The molecule has 0 spiro atoms. The van der Waals surface area contributed by atoms with Crippen LogP contribution in [0.1, 0.15) is 18.4 Å². The van der Waals surface area contributed by atoms with Crippen LogP contribution < -0.4 is 15.0 Å². The highest BCUT2D eigenvalue weighted by Gasteiger charge is 2.18. The quantitative estimate of drug-likeness (QED) is 0.577. The Morgan fingerprint density at radius 1 is 1.06 bits per heavy atom. The van der Waals surface area contributed by atoms with Gasteiger partial charge in [0.25, 0.3) is 0 Å². The lowest BCUT2D eigenvalue weighted by atomic mass is 10.1. The number of aromatic nitrogens is 2. The van der Waals surface area contributed by atoms with Crippen LogP contribution in [-0.2, 0) is 4.74 Å². The second-order valence-corrected chi connectivity index (χ2v) is 8.98. The third-order valence-corrected chi connectivity index (χ3v) is 6.46. The van der Waals surface area contributed by atoms with Crippen molar-refractivity contribution in [3.63, 3.8) is 0 Å². The van der Waals surface area contributed by atoms with Gasteiger partial charge in [0.2, 0.25) is 0 Å². The van der Waals surface area contributed by atoms with Gasteiger partial charge in [0.1, 0.15) is 23.7 Å². The molecule has 1 aromatic heterocycles. The van der Waals surface area contributed by atoms with Crippen molar-refractivity contribution < 1.29 is 9.47 Å². The van der Waals surface area contributed by atoms with Crippen molar-refractivity contribution in [1.29, 1.82) is 5.26 Å². The third kappa shape index (κ3) is 5.70. The second kappa shape index (κ2) is 10.7. The normalized spacial score (nSPS) is 17.1. The van der Waals surface area contributed by atoms with Crippen molar-refractivity contribution in [2.24, 2.45) is 0 Å².